The zero-order chi connectivity index (χ0) is 45.1. The molecule has 10 aromatic rings. The number of anilines is 5. The topological polar surface area (TPSA) is 28.4 Å². The number of fused-ring (bicyclic) bond motifs is 8. The molecule has 9 aromatic carbocycles. The van der Waals surface area contributed by atoms with Gasteiger partial charge in [-0.1, -0.05) is 185 Å². The van der Waals surface area contributed by atoms with Crippen LogP contribution in [0.5, 0.6) is 0 Å². The number of furan rings is 1. The van der Waals surface area contributed by atoms with E-state index in [2.05, 4.69) is 245 Å². The number of para-hydroxylation sites is 3. The first-order valence-corrected chi connectivity index (χ1v) is 23.8. The maximum Gasteiger partial charge on any atom is 0.197 e. The number of rotatable bonds is 6. The summed E-state index contributed by atoms with van der Waals surface area (Å²) in [6, 6.07) is 73.9. The Bertz CT molecular complexity index is 3550. The molecule has 0 amide bonds. The average molecular weight is 862 g/mol. The normalized spacial score (nSPS) is 15.8. The van der Waals surface area contributed by atoms with E-state index in [1.807, 2.05) is 0 Å². The number of nitrogens with one attached hydrogen (secondary N) is 1. The second kappa shape index (κ2) is 14.7. The zero-order valence-electron chi connectivity index (χ0n) is 38.4. The fourth-order valence-electron chi connectivity index (χ4n) is 12.0. The summed E-state index contributed by atoms with van der Waals surface area (Å²) < 4.78 is 7.07. The number of benzene rings is 9. The summed E-state index contributed by atoms with van der Waals surface area (Å²) in [7, 11) is 2.44. The van der Waals surface area contributed by atoms with Gasteiger partial charge in [-0.3, -0.25) is 0 Å². The Morgan fingerprint density at radius 1 is 0.507 bits per heavy atom. The molecule has 3 nitrogen and oxygen atoms in total. The molecule has 0 atom stereocenters. The zero-order valence-corrected chi connectivity index (χ0v) is 38.4. The van der Waals surface area contributed by atoms with Crippen LogP contribution in [0.2, 0.25) is 0 Å². The summed E-state index contributed by atoms with van der Waals surface area (Å²) in [5.41, 5.74) is 21.6. The molecule has 321 valence electrons. The fraction of sp³-hybridized carbons (Fsp3) is 0.143. The molecule has 0 spiro atoms. The van der Waals surface area contributed by atoms with E-state index in [1.165, 1.54) is 56.6 Å². The van der Waals surface area contributed by atoms with Gasteiger partial charge in [0, 0.05) is 33.4 Å². The molecule has 67 heavy (non-hydrogen) atoms. The Kier molecular flexibility index (Phi) is 8.74. The van der Waals surface area contributed by atoms with E-state index in [0.29, 0.717) is 0 Å². The highest BCUT2D eigenvalue weighted by molar-refractivity contribution is 6.73. The minimum Gasteiger partial charge on any atom is -0.455 e. The van der Waals surface area contributed by atoms with E-state index in [-0.39, 0.29) is 10.8 Å². The van der Waals surface area contributed by atoms with Crippen LogP contribution < -0.4 is 21.1 Å². The second-order valence-corrected chi connectivity index (χ2v) is 20.2. The first-order valence-electron chi connectivity index (χ1n) is 23.8. The van der Waals surface area contributed by atoms with Crippen molar-refractivity contribution >= 4 is 68.6 Å². The van der Waals surface area contributed by atoms with Crippen molar-refractivity contribution < 1.29 is 4.42 Å². The second-order valence-electron chi connectivity index (χ2n) is 20.2. The lowest BCUT2D eigenvalue weighted by molar-refractivity contribution is 0.332. The van der Waals surface area contributed by atoms with Crippen molar-refractivity contribution in [3.8, 4) is 22.3 Å². The average Bonchev–Trinajstić information content (AvgIpc) is 3.75. The van der Waals surface area contributed by atoms with Gasteiger partial charge in [0.05, 0.1) is 16.8 Å². The lowest BCUT2D eigenvalue weighted by atomic mass is 9.54. The Morgan fingerprint density at radius 2 is 1.16 bits per heavy atom. The Morgan fingerprint density at radius 3 is 1.93 bits per heavy atom. The number of hydrogen-bond donors (Lipinski definition) is 1. The van der Waals surface area contributed by atoms with Crippen LogP contribution in [0.15, 0.2) is 205 Å². The molecular formula is C63H50BN2O. The van der Waals surface area contributed by atoms with Gasteiger partial charge in [-0.15, -0.1) is 0 Å². The molecule has 0 unspecified atom stereocenters. The minimum atomic E-state index is -0.568. The first kappa shape index (κ1) is 39.8. The van der Waals surface area contributed by atoms with Crippen LogP contribution in [-0.2, 0) is 16.2 Å². The summed E-state index contributed by atoms with van der Waals surface area (Å²) in [4.78, 5) is 2.56. The van der Waals surface area contributed by atoms with Gasteiger partial charge in [0.2, 0.25) is 0 Å². The summed E-state index contributed by atoms with van der Waals surface area (Å²) in [6.45, 7) is 9.60. The molecule has 0 bridgehead atoms. The fourth-order valence-corrected chi connectivity index (χ4v) is 12.0. The largest absolute Gasteiger partial charge is 0.455 e. The molecule has 1 N–H and O–H groups in total. The van der Waals surface area contributed by atoms with Crippen LogP contribution in [0.3, 0.4) is 0 Å². The highest BCUT2D eigenvalue weighted by atomic mass is 16.3. The molecule has 0 fully saturated rings. The Labute approximate surface area is 394 Å². The summed E-state index contributed by atoms with van der Waals surface area (Å²) >= 11 is 0. The Balaban J connectivity index is 1.10. The van der Waals surface area contributed by atoms with Crippen molar-refractivity contribution in [2.24, 2.45) is 0 Å². The summed E-state index contributed by atoms with van der Waals surface area (Å²) in [5.74, 6) is 0. The van der Waals surface area contributed by atoms with Gasteiger partial charge in [-0.2, -0.15) is 0 Å². The molecule has 13 rings (SSSR count). The van der Waals surface area contributed by atoms with E-state index in [4.69, 9.17) is 4.42 Å². The van der Waals surface area contributed by atoms with E-state index < -0.39 is 5.41 Å². The quantitative estimate of drug-likeness (QED) is 0.169. The lowest BCUT2D eigenvalue weighted by Gasteiger charge is -2.49. The van der Waals surface area contributed by atoms with Crippen LogP contribution in [0, 0.1) is 0 Å². The SMILES string of the molecule is CC1(C)CCC(C)(C)c2cc(Nc3ccc4c(oc5ccccc54)c3-c3cc(-c4ccccc4)cc4c3[B]c3cccc5c3N4c3ccccc3C5(c3ccccc3)c3ccccc3)ccc21. The van der Waals surface area contributed by atoms with Crippen LogP contribution >= 0.6 is 0 Å². The summed E-state index contributed by atoms with van der Waals surface area (Å²) in [5, 5.41) is 6.24. The third kappa shape index (κ3) is 5.91. The summed E-state index contributed by atoms with van der Waals surface area (Å²) in [6.07, 6.45) is 2.33. The van der Waals surface area contributed by atoms with Gasteiger partial charge in [-0.05, 0) is 128 Å². The molecule has 3 aliphatic rings. The molecule has 1 aromatic heterocycles. The molecule has 0 saturated heterocycles. The van der Waals surface area contributed by atoms with Gasteiger partial charge in [0.25, 0.3) is 0 Å². The van der Waals surface area contributed by atoms with Gasteiger partial charge >= 0.3 is 0 Å². The molecule has 4 heteroatoms. The highest BCUT2D eigenvalue weighted by Crippen LogP contribution is 2.58. The third-order valence-corrected chi connectivity index (χ3v) is 15.4. The molecular weight excluding hydrogens is 812 g/mol. The van der Waals surface area contributed by atoms with Gasteiger partial charge in [0.15, 0.2) is 7.28 Å². The number of hydrogen-bond acceptors (Lipinski definition) is 3. The van der Waals surface area contributed by atoms with Crippen molar-refractivity contribution in [3.63, 3.8) is 0 Å². The van der Waals surface area contributed by atoms with Crippen molar-refractivity contribution in [3.05, 3.63) is 234 Å². The van der Waals surface area contributed by atoms with Crippen molar-refractivity contribution in [1.29, 1.82) is 0 Å². The standard InChI is InChI=1S/C63H50BN2O/c1-61(2)35-36-62(3,4)51-39-44(31-33-48(51)61)65-53-34-32-46-45-25-14-17-30-56(45)67-60(46)57(53)47-37-41(40-19-8-5-9-20-40)38-55-58(47)64-52-28-18-27-50-59(52)66(55)54-29-16-15-26-49(54)63(50,42-21-10-6-11-22-42)43-23-12-7-13-24-43/h5-34,37-39,65H,35-36H2,1-4H3. The molecule has 1 radical (unpaired) electrons. The Hall–Kier alpha value is -7.56. The highest BCUT2D eigenvalue weighted by Gasteiger charge is 2.48. The number of nitrogens with zero attached hydrogens (tertiary/aromatic N) is 1. The molecule has 3 heterocycles. The van der Waals surface area contributed by atoms with Crippen LogP contribution in [0.4, 0.5) is 28.4 Å². The van der Waals surface area contributed by atoms with Crippen LogP contribution in [0.1, 0.15) is 73.9 Å². The smallest absolute Gasteiger partial charge is 0.197 e. The van der Waals surface area contributed by atoms with Gasteiger partial charge < -0.3 is 14.6 Å². The molecule has 0 saturated carbocycles. The van der Waals surface area contributed by atoms with Crippen molar-refractivity contribution in [2.45, 2.75) is 56.8 Å². The molecule has 1 aliphatic carbocycles. The van der Waals surface area contributed by atoms with E-state index in [1.54, 1.807) is 0 Å². The van der Waals surface area contributed by atoms with E-state index in [0.717, 1.165) is 73.1 Å². The van der Waals surface area contributed by atoms with Crippen molar-refractivity contribution in [1.82, 2.24) is 0 Å². The monoisotopic (exact) mass is 861 g/mol. The minimum absolute atomic E-state index is 0.0711. The van der Waals surface area contributed by atoms with E-state index in [9.17, 15) is 0 Å². The van der Waals surface area contributed by atoms with Gasteiger partial charge in [-0.25, -0.2) is 0 Å². The molecule has 2 aliphatic heterocycles. The van der Waals surface area contributed by atoms with E-state index >= 15 is 0 Å². The first-order chi connectivity index (χ1) is 32.7. The third-order valence-electron chi connectivity index (χ3n) is 15.4. The predicted octanol–water partition coefficient (Wildman–Crippen LogP) is 15.1. The van der Waals surface area contributed by atoms with Crippen LogP contribution in [-0.4, -0.2) is 7.28 Å². The van der Waals surface area contributed by atoms with Crippen LogP contribution in [0.25, 0.3) is 44.2 Å². The van der Waals surface area contributed by atoms with Gasteiger partial charge in [0.1, 0.15) is 11.2 Å². The lowest BCUT2D eigenvalue weighted by Crippen LogP contribution is -2.47. The van der Waals surface area contributed by atoms with Crippen molar-refractivity contribution in [2.75, 3.05) is 10.2 Å². The maximum atomic E-state index is 7.07. The maximum absolute atomic E-state index is 7.07. The predicted molar refractivity (Wildman–Crippen MR) is 281 cm³/mol.